The van der Waals surface area contributed by atoms with Gasteiger partial charge < -0.3 is 20.1 Å². The van der Waals surface area contributed by atoms with Crippen molar-refractivity contribution in [2.24, 2.45) is 0 Å². The highest BCUT2D eigenvalue weighted by Crippen LogP contribution is 2.31. The molecule has 1 aromatic heterocycles. The van der Waals surface area contributed by atoms with Gasteiger partial charge in [0.15, 0.2) is 0 Å². The van der Waals surface area contributed by atoms with E-state index in [0.717, 1.165) is 16.0 Å². The van der Waals surface area contributed by atoms with E-state index in [9.17, 15) is 10.2 Å². The molecule has 3 N–H and O–H groups in total. The van der Waals surface area contributed by atoms with E-state index < -0.39 is 12.2 Å². The van der Waals surface area contributed by atoms with E-state index in [1.54, 1.807) is 19.2 Å². The van der Waals surface area contributed by atoms with E-state index in [1.165, 1.54) is 11.3 Å². The number of thiazole rings is 1. The number of hydrogen-bond donors (Lipinski definition) is 3. The van der Waals surface area contributed by atoms with Crippen molar-refractivity contribution in [2.75, 3.05) is 13.7 Å². The Bertz CT molecular complexity index is 528. The Labute approximate surface area is 108 Å². The minimum atomic E-state index is -1.07. The van der Waals surface area contributed by atoms with Gasteiger partial charge in [-0.1, -0.05) is 0 Å². The zero-order valence-electron chi connectivity index (χ0n) is 9.91. The van der Waals surface area contributed by atoms with Gasteiger partial charge in [0.05, 0.1) is 23.4 Å². The van der Waals surface area contributed by atoms with E-state index in [1.807, 2.05) is 6.07 Å². The first-order valence-corrected chi connectivity index (χ1v) is 6.39. The Balaban J connectivity index is 2.29. The second kappa shape index (κ2) is 5.62. The van der Waals surface area contributed by atoms with Gasteiger partial charge in [0.25, 0.3) is 0 Å². The smallest absolute Gasteiger partial charge is 0.131 e. The highest BCUT2D eigenvalue weighted by molar-refractivity contribution is 7.18. The molecule has 1 aromatic carbocycles. The van der Waals surface area contributed by atoms with Gasteiger partial charge in [-0.25, -0.2) is 4.98 Å². The maximum absolute atomic E-state index is 9.90. The van der Waals surface area contributed by atoms with Crippen LogP contribution in [-0.4, -0.2) is 40.1 Å². The topological polar surface area (TPSA) is 82.8 Å². The molecule has 18 heavy (non-hydrogen) atoms. The maximum atomic E-state index is 9.90. The molecular weight excluding hydrogens is 254 g/mol. The summed E-state index contributed by atoms with van der Waals surface area (Å²) in [5, 5.41) is 28.7. The highest BCUT2D eigenvalue weighted by Gasteiger charge is 2.21. The summed E-state index contributed by atoms with van der Waals surface area (Å²) in [5.41, 5.74) is 0.756. The molecule has 2 aromatic rings. The number of fused-ring (bicyclic) bond motifs is 1. The van der Waals surface area contributed by atoms with Crippen LogP contribution in [0, 0.1) is 0 Å². The molecule has 6 heteroatoms. The lowest BCUT2D eigenvalue weighted by Crippen LogP contribution is -2.19. The molecule has 1 heterocycles. The van der Waals surface area contributed by atoms with Gasteiger partial charge in [-0.05, 0) is 24.6 Å². The summed E-state index contributed by atoms with van der Waals surface area (Å²) >= 11 is 1.31. The summed E-state index contributed by atoms with van der Waals surface area (Å²) in [5.74, 6) is 0.725. The second-order valence-corrected chi connectivity index (χ2v) is 4.97. The molecular formula is C12H15NO4S. The Kier molecular flexibility index (Phi) is 4.13. The van der Waals surface area contributed by atoms with Gasteiger partial charge in [-0.3, -0.25) is 0 Å². The third-order valence-corrected chi connectivity index (χ3v) is 3.74. The van der Waals surface area contributed by atoms with Gasteiger partial charge in [-0.15, -0.1) is 11.3 Å². The summed E-state index contributed by atoms with van der Waals surface area (Å²) in [6.07, 6.45) is -1.95. The number of benzene rings is 1. The molecule has 0 aliphatic rings. The van der Waals surface area contributed by atoms with Crippen molar-refractivity contribution in [3.05, 3.63) is 23.2 Å². The fraction of sp³-hybridized carbons (Fsp3) is 0.417. The third kappa shape index (κ3) is 2.62. The van der Waals surface area contributed by atoms with Crippen LogP contribution in [-0.2, 0) is 0 Å². The number of aromatic nitrogens is 1. The third-order valence-electron chi connectivity index (χ3n) is 2.65. The van der Waals surface area contributed by atoms with Crippen LogP contribution in [0.4, 0.5) is 0 Å². The molecule has 0 amide bonds. The van der Waals surface area contributed by atoms with Crippen LogP contribution in [0.5, 0.6) is 5.75 Å². The monoisotopic (exact) mass is 269 g/mol. The van der Waals surface area contributed by atoms with Crippen molar-refractivity contribution >= 4 is 21.6 Å². The van der Waals surface area contributed by atoms with E-state index in [-0.39, 0.29) is 13.0 Å². The first-order chi connectivity index (χ1) is 8.65. The molecule has 0 bridgehead atoms. The normalized spacial score (nSPS) is 14.7. The van der Waals surface area contributed by atoms with E-state index in [2.05, 4.69) is 4.98 Å². The standard InChI is InChI=1S/C12H15NO4S/c1-17-7-2-3-8-10(6-7)18-12(13-8)11(16)9(15)4-5-14/h2-3,6,9,11,14-16H,4-5H2,1H3. The van der Waals surface area contributed by atoms with E-state index in [0.29, 0.717) is 5.01 Å². The van der Waals surface area contributed by atoms with Crippen LogP contribution in [0.15, 0.2) is 18.2 Å². The summed E-state index contributed by atoms with van der Waals surface area (Å²) in [4.78, 5) is 4.26. The molecule has 0 aliphatic heterocycles. The van der Waals surface area contributed by atoms with Crippen molar-refractivity contribution in [1.82, 2.24) is 4.98 Å². The summed E-state index contributed by atoms with van der Waals surface area (Å²) in [6, 6.07) is 5.43. The number of aliphatic hydroxyl groups is 3. The molecule has 2 rings (SSSR count). The van der Waals surface area contributed by atoms with Crippen molar-refractivity contribution in [3.8, 4) is 5.75 Å². The molecule has 2 atom stereocenters. The molecule has 0 spiro atoms. The summed E-state index contributed by atoms with van der Waals surface area (Å²) < 4.78 is 6.00. The quantitative estimate of drug-likeness (QED) is 0.756. The predicted octanol–water partition coefficient (Wildman–Crippen LogP) is 1.08. The number of nitrogens with zero attached hydrogens (tertiary/aromatic N) is 1. The Morgan fingerprint density at radius 1 is 1.39 bits per heavy atom. The largest absolute Gasteiger partial charge is 0.497 e. The molecule has 98 valence electrons. The zero-order chi connectivity index (χ0) is 13.1. The lowest BCUT2D eigenvalue weighted by molar-refractivity contribution is 0.00422. The van der Waals surface area contributed by atoms with Crippen LogP contribution in [0.25, 0.3) is 10.2 Å². The molecule has 2 unspecified atom stereocenters. The summed E-state index contributed by atoms with van der Waals surface area (Å²) in [6.45, 7) is -0.170. The van der Waals surface area contributed by atoms with Gasteiger partial charge in [-0.2, -0.15) is 0 Å². The lowest BCUT2D eigenvalue weighted by Gasteiger charge is -2.13. The Morgan fingerprint density at radius 2 is 2.17 bits per heavy atom. The van der Waals surface area contributed by atoms with E-state index in [4.69, 9.17) is 9.84 Å². The Morgan fingerprint density at radius 3 is 2.83 bits per heavy atom. The fourth-order valence-electron chi connectivity index (χ4n) is 1.63. The number of hydrogen-bond acceptors (Lipinski definition) is 6. The van der Waals surface area contributed by atoms with Crippen molar-refractivity contribution < 1.29 is 20.1 Å². The van der Waals surface area contributed by atoms with Crippen LogP contribution in [0.3, 0.4) is 0 Å². The summed E-state index contributed by atoms with van der Waals surface area (Å²) in [7, 11) is 1.59. The molecule has 0 aliphatic carbocycles. The fourth-order valence-corrected chi connectivity index (χ4v) is 2.67. The van der Waals surface area contributed by atoms with Gasteiger partial charge in [0.1, 0.15) is 16.9 Å². The first-order valence-electron chi connectivity index (χ1n) is 5.57. The number of methoxy groups -OCH3 is 1. The molecule has 0 saturated carbocycles. The lowest BCUT2D eigenvalue weighted by atomic mass is 10.1. The van der Waals surface area contributed by atoms with Crippen molar-refractivity contribution in [3.63, 3.8) is 0 Å². The predicted molar refractivity (Wildman–Crippen MR) is 68.8 cm³/mol. The van der Waals surface area contributed by atoms with Crippen LogP contribution >= 0.6 is 11.3 Å². The molecule has 0 radical (unpaired) electrons. The van der Waals surface area contributed by atoms with Crippen molar-refractivity contribution in [2.45, 2.75) is 18.6 Å². The van der Waals surface area contributed by atoms with Gasteiger partial charge in [0.2, 0.25) is 0 Å². The van der Waals surface area contributed by atoms with Crippen molar-refractivity contribution in [1.29, 1.82) is 0 Å². The average Bonchev–Trinajstić information content (AvgIpc) is 2.80. The molecule has 0 saturated heterocycles. The first kappa shape index (κ1) is 13.2. The molecule has 0 fully saturated rings. The maximum Gasteiger partial charge on any atom is 0.131 e. The van der Waals surface area contributed by atoms with Crippen LogP contribution in [0.1, 0.15) is 17.5 Å². The minimum Gasteiger partial charge on any atom is -0.497 e. The van der Waals surface area contributed by atoms with Crippen LogP contribution in [0.2, 0.25) is 0 Å². The molecule has 5 nitrogen and oxygen atoms in total. The number of ether oxygens (including phenoxy) is 1. The number of aliphatic hydroxyl groups excluding tert-OH is 3. The average molecular weight is 269 g/mol. The van der Waals surface area contributed by atoms with Gasteiger partial charge >= 0.3 is 0 Å². The SMILES string of the molecule is COc1ccc2nc(C(O)C(O)CCO)sc2c1. The van der Waals surface area contributed by atoms with E-state index >= 15 is 0 Å². The van der Waals surface area contributed by atoms with Crippen LogP contribution < -0.4 is 4.74 Å². The number of rotatable bonds is 5. The highest BCUT2D eigenvalue weighted by atomic mass is 32.1. The Hall–Kier alpha value is -1.21. The minimum absolute atomic E-state index is 0.125. The van der Waals surface area contributed by atoms with Gasteiger partial charge in [0, 0.05) is 6.61 Å². The zero-order valence-corrected chi connectivity index (χ0v) is 10.7. The second-order valence-electron chi connectivity index (χ2n) is 3.91.